The first-order valence-electron chi connectivity index (χ1n) is 9.06. The molecule has 0 aliphatic rings. The summed E-state index contributed by atoms with van der Waals surface area (Å²) >= 11 is 5.80. The van der Waals surface area contributed by atoms with Gasteiger partial charge < -0.3 is 0 Å². The van der Waals surface area contributed by atoms with Crippen LogP contribution in [-0.4, -0.2) is 0 Å². The van der Waals surface area contributed by atoms with Gasteiger partial charge in [0.15, 0.2) is 0 Å². The highest BCUT2D eigenvalue weighted by molar-refractivity contribution is 6.30. The molecule has 0 N–H and O–H groups in total. The van der Waals surface area contributed by atoms with Crippen molar-refractivity contribution in [3.8, 4) is 11.1 Å². The highest BCUT2D eigenvalue weighted by Gasteiger charge is 2.07. The number of aryl methyl sites for hydroxylation is 1. The highest BCUT2D eigenvalue weighted by Crippen LogP contribution is 2.31. The van der Waals surface area contributed by atoms with E-state index in [9.17, 15) is 4.39 Å². The van der Waals surface area contributed by atoms with Gasteiger partial charge in [0.2, 0.25) is 0 Å². The molecule has 4 rings (SSSR count). The number of hydrogen-bond acceptors (Lipinski definition) is 0. The quantitative estimate of drug-likeness (QED) is 0.325. The molecule has 0 aliphatic carbocycles. The Kier molecular flexibility index (Phi) is 4.65. The Morgan fingerprint density at radius 2 is 1.42 bits per heavy atom. The maximum atomic E-state index is 13.8. The molecule has 4 aromatic carbocycles. The van der Waals surface area contributed by atoms with Crippen molar-refractivity contribution < 1.29 is 4.39 Å². The predicted molar refractivity (Wildman–Crippen MR) is 110 cm³/mol. The first-order valence-corrected chi connectivity index (χ1v) is 9.44. The number of halogens is 2. The second-order valence-electron chi connectivity index (χ2n) is 6.79. The lowest BCUT2D eigenvalue weighted by molar-refractivity contribution is 0.629. The van der Waals surface area contributed by atoms with Gasteiger partial charge >= 0.3 is 0 Å². The van der Waals surface area contributed by atoms with E-state index in [1.54, 1.807) is 6.07 Å². The predicted octanol–water partition coefficient (Wildman–Crippen LogP) is 7.80. The minimum Gasteiger partial charge on any atom is -0.205 e. The number of benzene rings is 4. The van der Waals surface area contributed by atoms with E-state index in [2.05, 4.69) is 55.5 Å². The molecule has 0 heterocycles. The van der Waals surface area contributed by atoms with Crippen molar-refractivity contribution in [3.05, 3.63) is 83.1 Å². The van der Waals surface area contributed by atoms with Gasteiger partial charge in [-0.3, -0.25) is 0 Å². The van der Waals surface area contributed by atoms with E-state index in [-0.39, 0.29) is 10.8 Å². The van der Waals surface area contributed by atoms with E-state index in [4.69, 9.17) is 11.6 Å². The summed E-state index contributed by atoms with van der Waals surface area (Å²) in [6, 6.07) is 22.3. The third kappa shape index (κ3) is 3.20. The van der Waals surface area contributed by atoms with Crippen LogP contribution in [0.4, 0.5) is 4.39 Å². The fraction of sp³-hybridized carbons (Fsp3) is 0.167. The van der Waals surface area contributed by atoms with Crippen LogP contribution >= 0.6 is 11.6 Å². The van der Waals surface area contributed by atoms with Gasteiger partial charge in [-0.25, -0.2) is 4.39 Å². The second kappa shape index (κ2) is 7.09. The standard InChI is InChI=1S/C24H20ClF/c1-2-3-4-16-5-10-21-19(13-16)6-7-20-14-17(8-11-22(20)21)18-9-12-23(25)24(26)15-18/h5-15H,2-4H2,1H3. The molecule has 0 nitrogen and oxygen atoms in total. The molecule has 2 heteroatoms. The zero-order valence-electron chi connectivity index (χ0n) is 14.7. The van der Waals surface area contributed by atoms with Crippen LogP contribution in [-0.2, 0) is 6.42 Å². The van der Waals surface area contributed by atoms with Gasteiger partial charge in [0.05, 0.1) is 5.02 Å². The second-order valence-corrected chi connectivity index (χ2v) is 7.20. The molecule has 0 fully saturated rings. The van der Waals surface area contributed by atoms with Gasteiger partial charge in [0.1, 0.15) is 5.82 Å². The average Bonchev–Trinajstić information content (AvgIpc) is 2.67. The summed E-state index contributed by atoms with van der Waals surface area (Å²) in [4.78, 5) is 0. The molecule has 0 saturated heterocycles. The minimum atomic E-state index is -0.387. The van der Waals surface area contributed by atoms with Gasteiger partial charge in [-0.2, -0.15) is 0 Å². The maximum absolute atomic E-state index is 13.8. The number of unbranched alkanes of at least 4 members (excludes halogenated alkanes) is 1. The Morgan fingerprint density at radius 1 is 0.769 bits per heavy atom. The zero-order chi connectivity index (χ0) is 18.1. The van der Waals surface area contributed by atoms with E-state index in [1.165, 1.54) is 40.6 Å². The molecule has 0 amide bonds. The zero-order valence-corrected chi connectivity index (χ0v) is 15.5. The molecule has 0 radical (unpaired) electrons. The van der Waals surface area contributed by atoms with E-state index in [0.717, 1.165) is 22.9 Å². The summed E-state index contributed by atoms with van der Waals surface area (Å²) in [6.45, 7) is 2.22. The molecule has 0 aromatic heterocycles. The number of fused-ring (bicyclic) bond motifs is 3. The first-order chi connectivity index (χ1) is 12.7. The van der Waals surface area contributed by atoms with Crippen LogP contribution in [0.5, 0.6) is 0 Å². The van der Waals surface area contributed by atoms with Crippen LogP contribution in [0.1, 0.15) is 25.3 Å². The van der Waals surface area contributed by atoms with Crippen molar-refractivity contribution >= 4 is 33.1 Å². The fourth-order valence-corrected chi connectivity index (χ4v) is 3.63. The van der Waals surface area contributed by atoms with Crippen LogP contribution in [0, 0.1) is 5.82 Å². The molecule has 0 spiro atoms. The van der Waals surface area contributed by atoms with Crippen molar-refractivity contribution in [2.75, 3.05) is 0 Å². The number of rotatable bonds is 4. The van der Waals surface area contributed by atoms with Gasteiger partial charge in [-0.15, -0.1) is 0 Å². The van der Waals surface area contributed by atoms with Gasteiger partial charge in [-0.05, 0) is 69.3 Å². The van der Waals surface area contributed by atoms with Crippen molar-refractivity contribution in [1.29, 1.82) is 0 Å². The maximum Gasteiger partial charge on any atom is 0.142 e. The molecular formula is C24H20ClF. The Morgan fingerprint density at radius 3 is 2.15 bits per heavy atom. The molecule has 0 unspecified atom stereocenters. The van der Waals surface area contributed by atoms with E-state index >= 15 is 0 Å². The van der Waals surface area contributed by atoms with Gasteiger partial charge in [0.25, 0.3) is 0 Å². The van der Waals surface area contributed by atoms with Crippen molar-refractivity contribution in [2.45, 2.75) is 26.2 Å². The van der Waals surface area contributed by atoms with Crippen molar-refractivity contribution in [3.63, 3.8) is 0 Å². The monoisotopic (exact) mass is 362 g/mol. The topological polar surface area (TPSA) is 0 Å². The molecule has 0 atom stereocenters. The Labute approximate surface area is 158 Å². The smallest absolute Gasteiger partial charge is 0.142 e. The SMILES string of the molecule is CCCCc1ccc2c(ccc3cc(-c4ccc(Cl)c(F)c4)ccc32)c1. The van der Waals surface area contributed by atoms with Crippen LogP contribution in [0.25, 0.3) is 32.7 Å². The van der Waals surface area contributed by atoms with E-state index in [1.807, 2.05) is 6.07 Å². The van der Waals surface area contributed by atoms with Crippen LogP contribution in [0.2, 0.25) is 5.02 Å². The summed E-state index contributed by atoms with van der Waals surface area (Å²) in [5.74, 6) is -0.387. The fourth-order valence-electron chi connectivity index (χ4n) is 3.51. The average molecular weight is 363 g/mol. The Hall–Kier alpha value is -2.38. The molecule has 4 aromatic rings. The summed E-state index contributed by atoms with van der Waals surface area (Å²) in [5, 5.41) is 5.07. The molecule has 0 aliphatic heterocycles. The van der Waals surface area contributed by atoms with E-state index in [0.29, 0.717) is 0 Å². The summed E-state index contributed by atoms with van der Waals surface area (Å²) in [6.07, 6.45) is 3.56. The highest BCUT2D eigenvalue weighted by atomic mass is 35.5. The molecule has 0 bridgehead atoms. The van der Waals surface area contributed by atoms with E-state index < -0.39 is 0 Å². The van der Waals surface area contributed by atoms with Crippen LogP contribution in [0.3, 0.4) is 0 Å². The van der Waals surface area contributed by atoms with Crippen molar-refractivity contribution in [2.24, 2.45) is 0 Å². The molecule has 0 saturated carbocycles. The third-order valence-corrected chi connectivity index (χ3v) is 5.28. The summed E-state index contributed by atoms with van der Waals surface area (Å²) in [5.41, 5.74) is 3.22. The van der Waals surface area contributed by atoms with Crippen molar-refractivity contribution in [1.82, 2.24) is 0 Å². The molecular weight excluding hydrogens is 343 g/mol. The lowest BCUT2D eigenvalue weighted by Crippen LogP contribution is -1.86. The van der Waals surface area contributed by atoms with Gasteiger partial charge in [-0.1, -0.05) is 73.5 Å². The van der Waals surface area contributed by atoms with Gasteiger partial charge in [0, 0.05) is 0 Å². The number of hydrogen-bond donors (Lipinski definition) is 0. The Balaban J connectivity index is 1.79. The summed E-state index contributed by atoms with van der Waals surface area (Å²) in [7, 11) is 0. The van der Waals surface area contributed by atoms with Crippen LogP contribution < -0.4 is 0 Å². The minimum absolute atomic E-state index is 0.152. The lowest BCUT2D eigenvalue weighted by atomic mass is 9.96. The molecule has 26 heavy (non-hydrogen) atoms. The Bertz CT molecular complexity index is 1100. The normalized spacial score (nSPS) is 11.3. The largest absolute Gasteiger partial charge is 0.205 e. The lowest BCUT2D eigenvalue weighted by Gasteiger charge is -2.09. The first kappa shape index (κ1) is 17.1. The molecule has 130 valence electrons. The van der Waals surface area contributed by atoms with Crippen LogP contribution in [0.15, 0.2) is 66.7 Å². The summed E-state index contributed by atoms with van der Waals surface area (Å²) < 4.78 is 13.8. The third-order valence-electron chi connectivity index (χ3n) is 4.97.